The zero-order valence-electron chi connectivity index (χ0n) is 6.63. The van der Waals surface area contributed by atoms with E-state index in [-0.39, 0.29) is 17.3 Å². The smallest absolute Gasteiger partial charge is 0.166 e. The average molecular weight is 150 g/mol. The van der Waals surface area contributed by atoms with Crippen molar-refractivity contribution in [2.45, 2.75) is 20.3 Å². The predicted octanol–water partition coefficient (Wildman–Crippen LogP) is 1.89. The number of nitriles is 2. The molecule has 58 valence electrons. The van der Waals surface area contributed by atoms with E-state index >= 15 is 0 Å². The third-order valence-electron chi connectivity index (χ3n) is 1.11. The fourth-order valence-electron chi connectivity index (χ4n) is 0.643. The van der Waals surface area contributed by atoms with E-state index in [9.17, 15) is 0 Å². The van der Waals surface area contributed by atoms with Crippen molar-refractivity contribution in [3.8, 4) is 12.1 Å². The quantitative estimate of drug-likeness (QED) is 0.482. The van der Waals surface area contributed by atoms with Crippen LogP contribution < -0.4 is 0 Å². The predicted molar refractivity (Wildman–Crippen MR) is 40.3 cm³/mol. The van der Waals surface area contributed by atoms with Crippen LogP contribution in [0, 0.1) is 28.6 Å². The Labute approximate surface area is 66.2 Å². The molecule has 11 heavy (non-hydrogen) atoms. The Morgan fingerprint density at radius 2 is 1.82 bits per heavy atom. The SMILES string of the molecule is CC(C)CC(O)=C(C#N)C#N. The summed E-state index contributed by atoms with van der Waals surface area (Å²) in [6.07, 6.45) is 0.385. The molecule has 0 saturated carbocycles. The molecule has 0 rings (SSSR count). The first-order valence-electron chi connectivity index (χ1n) is 3.34. The number of hydrogen-bond donors (Lipinski definition) is 1. The Kier molecular flexibility index (Phi) is 3.77. The maximum atomic E-state index is 9.11. The van der Waals surface area contributed by atoms with Crippen LogP contribution in [0.1, 0.15) is 20.3 Å². The van der Waals surface area contributed by atoms with Gasteiger partial charge in [0, 0.05) is 6.42 Å². The molecule has 0 unspecified atom stereocenters. The maximum Gasteiger partial charge on any atom is 0.166 e. The Morgan fingerprint density at radius 3 is 2.09 bits per heavy atom. The van der Waals surface area contributed by atoms with Gasteiger partial charge in [0.1, 0.15) is 17.9 Å². The Balaban J connectivity index is 4.43. The van der Waals surface area contributed by atoms with Gasteiger partial charge in [-0.1, -0.05) is 13.8 Å². The molecule has 0 spiro atoms. The fourth-order valence-corrected chi connectivity index (χ4v) is 0.643. The van der Waals surface area contributed by atoms with Crippen LogP contribution in [0.5, 0.6) is 0 Å². The van der Waals surface area contributed by atoms with Crippen molar-refractivity contribution in [1.29, 1.82) is 10.5 Å². The molecule has 0 radical (unpaired) electrons. The summed E-state index contributed by atoms with van der Waals surface area (Å²) in [4.78, 5) is 0. The lowest BCUT2D eigenvalue weighted by atomic mass is 10.1. The largest absolute Gasteiger partial charge is 0.510 e. The minimum Gasteiger partial charge on any atom is -0.510 e. The summed E-state index contributed by atoms with van der Waals surface area (Å²) < 4.78 is 0. The molecule has 0 heterocycles. The van der Waals surface area contributed by atoms with E-state index in [4.69, 9.17) is 15.6 Å². The minimum absolute atomic E-state index is 0.106. The summed E-state index contributed by atoms with van der Waals surface area (Å²) in [6.45, 7) is 3.81. The first kappa shape index (κ1) is 9.52. The van der Waals surface area contributed by atoms with Crippen molar-refractivity contribution >= 4 is 0 Å². The molecule has 0 aromatic rings. The van der Waals surface area contributed by atoms with Gasteiger partial charge in [0.2, 0.25) is 0 Å². The number of allylic oxidation sites excluding steroid dienone is 2. The van der Waals surface area contributed by atoms with E-state index in [0.717, 1.165) is 0 Å². The lowest BCUT2D eigenvalue weighted by molar-refractivity contribution is 0.362. The Hall–Kier alpha value is -1.48. The lowest BCUT2D eigenvalue weighted by Gasteiger charge is -2.01. The van der Waals surface area contributed by atoms with Gasteiger partial charge in [0.15, 0.2) is 5.57 Å². The summed E-state index contributed by atoms with van der Waals surface area (Å²) in [5.41, 5.74) is -0.182. The first-order valence-corrected chi connectivity index (χ1v) is 3.34. The van der Waals surface area contributed by atoms with Gasteiger partial charge >= 0.3 is 0 Å². The summed E-state index contributed by atoms with van der Waals surface area (Å²) in [7, 11) is 0. The Bertz CT molecular complexity index is 224. The number of hydrogen-bond acceptors (Lipinski definition) is 3. The first-order chi connectivity index (χ1) is 5.11. The molecule has 0 aliphatic rings. The van der Waals surface area contributed by atoms with Gasteiger partial charge in [-0.2, -0.15) is 10.5 Å². The number of aliphatic hydroxyl groups is 1. The number of nitrogens with zero attached hydrogens (tertiary/aromatic N) is 2. The van der Waals surface area contributed by atoms with Crippen molar-refractivity contribution in [3.63, 3.8) is 0 Å². The highest BCUT2D eigenvalue weighted by Gasteiger charge is 2.05. The fraction of sp³-hybridized carbons (Fsp3) is 0.500. The van der Waals surface area contributed by atoms with E-state index in [1.54, 1.807) is 12.1 Å². The monoisotopic (exact) mass is 150 g/mol. The van der Waals surface area contributed by atoms with E-state index in [1.807, 2.05) is 13.8 Å². The maximum absolute atomic E-state index is 9.11. The average Bonchev–Trinajstić information content (AvgIpc) is 1.88. The summed E-state index contributed by atoms with van der Waals surface area (Å²) in [6, 6.07) is 3.25. The zero-order valence-corrected chi connectivity index (χ0v) is 6.63. The summed E-state index contributed by atoms with van der Waals surface area (Å²) in [5, 5.41) is 25.8. The molecule has 0 saturated heterocycles. The van der Waals surface area contributed by atoms with Crippen LogP contribution in [0.4, 0.5) is 0 Å². The molecule has 1 N–H and O–H groups in total. The second kappa shape index (κ2) is 4.35. The van der Waals surface area contributed by atoms with Crippen LogP contribution in [-0.2, 0) is 0 Å². The molecule has 0 aromatic carbocycles. The van der Waals surface area contributed by atoms with Crippen molar-refractivity contribution in [3.05, 3.63) is 11.3 Å². The second-order valence-corrected chi connectivity index (χ2v) is 2.64. The molecule has 0 amide bonds. The van der Waals surface area contributed by atoms with Gasteiger partial charge < -0.3 is 5.11 Å². The minimum atomic E-state index is -0.182. The van der Waals surface area contributed by atoms with E-state index in [2.05, 4.69) is 0 Å². The molecule has 0 aliphatic carbocycles. The van der Waals surface area contributed by atoms with E-state index in [1.165, 1.54) is 0 Å². The molecule has 0 atom stereocenters. The van der Waals surface area contributed by atoms with Gasteiger partial charge in [0.25, 0.3) is 0 Å². The van der Waals surface area contributed by atoms with Crippen molar-refractivity contribution in [2.75, 3.05) is 0 Å². The zero-order chi connectivity index (χ0) is 8.85. The molecule has 0 aromatic heterocycles. The highest BCUT2D eigenvalue weighted by atomic mass is 16.3. The molecule has 0 aliphatic heterocycles. The third kappa shape index (κ3) is 3.27. The Morgan fingerprint density at radius 1 is 1.36 bits per heavy atom. The van der Waals surface area contributed by atoms with Crippen LogP contribution >= 0.6 is 0 Å². The molecule has 0 fully saturated rings. The standard InChI is InChI=1S/C8H10N2O/c1-6(2)3-8(11)7(4-9)5-10/h6,11H,3H2,1-2H3. The normalized spacial score (nSPS) is 8.45. The van der Waals surface area contributed by atoms with Crippen LogP contribution in [0.25, 0.3) is 0 Å². The number of rotatable bonds is 2. The van der Waals surface area contributed by atoms with Crippen LogP contribution in [0.2, 0.25) is 0 Å². The van der Waals surface area contributed by atoms with Crippen LogP contribution in [-0.4, -0.2) is 5.11 Å². The van der Waals surface area contributed by atoms with Gasteiger partial charge in [-0.05, 0) is 5.92 Å². The molecular weight excluding hydrogens is 140 g/mol. The van der Waals surface area contributed by atoms with E-state index in [0.29, 0.717) is 6.42 Å². The highest BCUT2D eigenvalue weighted by Crippen LogP contribution is 2.10. The van der Waals surface area contributed by atoms with Crippen molar-refractivity contribution in [1.82, 2.24) is 0 Å². The molecule has 0 bridgehead atoms. The summed E-state index contributed by atoms with van der Waals surface area (Å²) >= 11 is 0. The molecule has 3 heteroatoms. The lowest BCUT2D eigenvalue weighted by Crippen LogP contribution is -1.93. The van der Waals surface area contributed by atoms with Gasteiger partial charge in [-0.3, -0.25) is 0 Å². The third-order valence-corrected chi connectivity index (χ3v) is 1.11. The number of aliphatic hydroxyl groups excluding tert-OH is 1. The van der Waals surface area contributed by atoms with Crippen LogP contribution in [0.15, 0.2) is 11.3 Å². The highest BCUT2D eigenvalue weighted by molar-refractivity contribution is 5.37. The van der Waals surface area contributed by atoms with Gasteiger partial charge in [-0.25, -0.2) is 0 Å². The topological polar surface area (TPSA) is 67.8 Å². The van der Waals surface area contributed by atoms with E-state index < -0.39 is 0 Å². The van der Waals surface area contributed by atoms with Crippen molar-refractivity contribution < 1.29 is 5.11 Å². The summed E-state index contributed by atoms with van der Waals surface area (Å²) in [5.74, 6) is 0.150. The van der Waals surface area contributed by atoms with Gasteiger partial charge in [0.05, 0.1) is 0 Å². The van der Waals surface area contributed by atoms with Crippen LogP contribution in [0.3, 0.4) is 0 Å². The second-order valence-electron chi connectivity index (χ2n) is 2.64. The molecule has 3 nitrogen and oxygen atoms in total. The van der Waals surface area contributed by atoms with Crippen molar-refractivity contribution in [2.24, 2.45) is 5.92 Å². The van der Waals surface area contributed by atoms with Gasteiger partial charge in [-0.15, -0.1) is 0 Å². The molecular formula is C8H10N2O.